The first-order chi connectivity index (χ1) is 1.91. The second kappa shape index (κ2) is 3.48. The average Bonchev–Trinajstić information content (AvgIpc) is 1.37. The van der Waals surface area contributed by atoms with Crippen LogP contribution in [0.3, 0.4) is 0 Å². The number of hydrogen-bond acceptors (Lipinski definition) is 0. The van der Waals surface area contributed by atoms with Crippen LogP contribution in [0.25, 0.3) is 0 Å². The van der Waals surface area contributed by atoms with Gasteiger partial charge in [0.05, 0.1) is 0 Å². The Hall–Kier alpha value is 0.480. The van der Waals surface area contributed by atoms with E-state index >= 15 is 0 Å². The average molecular weight is 149 g/mol. The molecule has 0 aliphatic carbocycles. The molecule has 0 N–H and O–H groups in total. The van der Waals surface area contributed by atoms with Crippen LogP contribution >= 0.6 is 0 Å². The summed E-state index contributed by atoms with van der Waals surface area (Å²) in [5, 5.41) is 0. The molecule has 0 amide bonds. The molecular weight excluding hydrogens is 144 g/mol. The van der Waals surface area contributed by atoms with Crippen molar-refractivity contribution in [2.24, 2.45) is 0 Å². The fourth-order valence-electron chi connectivity index (χ4n) is 0. The van der Waals surface area contributed by atoms with E-state index in [1.54, 1.807) is 6.08 Å². The third kappa shape index (κ3) is 2.48. The van der Waals surface area contributed by atoms with E-state index in [1.165, 1.54) is 0 Å². The van der Waals surface area contributed by atoms with Crippen molar-refractivity contribution in [2.45, 2.75) is 4.64 Å². The number of hydrogen-bond donors (Lipinski definition) is 0. The van der Waals surface area contributed by atoms with Crippen LogP contribution in [0.2, 0.25) is 4.64 Å². The van der Waals surface area contributed by atoms with E-state index in [1.807, 2.05) is 0 Å². The normalized spacial score (nSPS) is 6.50. The van der Waals surface area contributed by atoms with E-state index in [-0.39, 0.29) is 0 Å². The van der Waals surface area contributed by atoms with Crippen molar-refractivity contribution >= 4 is 0 Å². The monoisotopic (exact) mass is 148 g/mol. The van der Waals surface area contributed by atoms with Crippen LogP contribution in [0.1, 0.15) is 0 Å². The fourth-order valence-corrected chi connectivity index (χ4v) is 0. The van der Waals surface area contributed by atoms with Crippen LogP contribution in [-0.2, 0) is 21.1 Å². The van der Waals surface area contributed by atoms with E-state index in [2.05, 4.69) is 27.6 Å². The van der Waals surface area contributed by atoms with Gasteiger partial charge >= 0.3 is 38.4 Å². The molecule has 0 nitrogen and oxygen atoms in total. The molecular formula is C3H5Ag. The van der Waals surface area contributed by atoms with Crippen LogP contribution in [0.5, 0.6) is 0 Å². The SMILES string of the molecule is C=C[CH2][Ag]. The molecule has 0 aromatic heterocycles. The summed E-state index contributed by atoms with van der Waals surface area (Å²) in [7, 11) is 0. The van der Waals surface area contributed by atoms with E-state index < -0.39 is 0 Å². The minimum atomic E-state index is 0.893. The van der Waals surface area contributed by atoms with Crippen molar-refractivity contribution < 1.29 is 21.1 Å². The second-order valence-electron chi connectivity index (χ2n) is 0.412. The van der Waals surface area contributed by atoms with Crippen LogP contribution < -0.4 is 0 Å². The molecule has 0 heterocycles. The third-order valence-electron chi connectivity index (χ3n) is 0.0870. The van der Waals surface area contributed by atoms with Crippen LogP contribution in [0, 0.1) is 0 Å². The summed E-state index contributed by atoms with van der Waals surface area (Å²) >= 11 is 3.14. The summed E-state index contributed by atoms with van der Waals surface area (Å²) in [6, 6.07) is 0. The van der Waals surface area contributed by atoms with Gasteiger partial charge in [0, 0.05) is 0 Å². The van der Waals surface area contributed by atoms with E-state index in [4.69, 9.17) is 0 Å². The zero-order valence-electron chi connectivity index (χ0n) is 2.29. The molecule has 0 fully saturated rings. The fraction of sp³-hybridized carbons (Fsp3) is 0.333. The maximum atomic E-state index is 3.43. The van der Waals surface area contributed by atoms with Crippen LogP contribution in [0.4, 0.5) is 0 Å². The summed E-state index contributed by atoms with van der Waals surface area (Å²) in [6.07, 6.45) is 1.79. The Morgan fingerprint density at radius 1 is 2.00 bits per heavy atom. The van der Waals surface area contributed by atoms with Crippen molar-refractivity contribution in [2.75, 3.05) is 0 Å². The molecule has 4 heavy (non-hydrogen) atoms. The molecule has 0 aliphatic heterocycles. The first kappa shape index (κ1) is 4.48. The third-order valence-corrected chi connectivity index (χ3v) is 0.515. The minimum absolute atomic E-state index is 0.893. The first-order valence-corrected chi connectivity index (χ1v) is 2.08. The van der Waals surface area contributed by atoms with Gasteiger partial charge in [-0.2, -0.15) is 0 Å². The maximum absolute atomic E-state index is 3.43. The Balaban J connectivity index is 2.30. The second-order valence-corrected chi connectivity index (χ2v) is 1.02. The van der Waals surface area contributed by atoms with Gasteiger partial charge < -0.3 is 0 Å². The van der Waals surface area contributed by atoms with Gasteiger partial charge in [0.2, 0.25) is 0 Å². The Morgan fingerprint density at radius 2 is 2.25 bits per heavy atom. The van der Waals surface area contributed by atoms with Crippen molar-refractivity contribution in [3.8, 4) is 0 Å². The predicted molar refractivity (Wildman–Crippen MR) is 15.0 cm³/mol. The molecule has 0 bridgehead atoms. The van der Waals surface area contributed by atoms with Gasteiger partial charge in [-0.25, -0.2) is 0 Å². The summed E-state index contributed by atoms with van der Waals surface area (Å²) < 4.78 is 0.893. The van der Waals surface area contributed by atoms with E-state index in [0.29, 0.717) is 0 Å². The topological polar surface area (TPSA) is 0 Å². The van der Waals surface area contributed by atoms with Crippen molar-refractivity contribution in [3.05, 3.63) is 12.7 Å². The van der Waals surface area contributed by atoms with Crippen LogP contribution in [0.15, 0.2) is 12.7 Å². The van der Waals surface area contributed by atoms with Gasteiger partial charge in [-0.3, -0.25) is 0 Å². The quantitative estimate of drug-likeness (QED) is 0.387. The number of allylic oxidation sites excluding steroid dienone is 1. The molecule has 0 atom stereocenters. The zero-order valence-corrected chi connectivity index (χ0v) is 3.78. The molecule has 0 aromatic carbocycles. The molecule has 0 aliphatic rings. The Bertz CT molecular complexity index is 17.2. The van der Waals surface area contributed by atoms with Gasteiger partial charge in [-0.05, 0) is 0 Å². The van der Waals surface area contributed by atoms with Gasteiger partial charge in [0.25, 0.3) is 0 Å². The standard InChI is InChI=1S/C3H5.Ag/c1-3-2;/h3H,1-2H2;. The molecule has 28 valence electrons. The molecule has 1 heteroatoms. The molecule has 0 aromatic rings. The van der Waals surface area contributed by atoms with Crippen LogP contribution in [-0.4, -0.2) is 0 Å². The Morgan fingerprint density at radius 3 is 2.25 bits per heavy atom. The molecule has 0 spiro atoms. The van der Waals surface area contributed by atoms with Gasteiger partial charge in [-0.1, -0.05) is 0 Å². The summed E-state index contributed by atoms with van der Waals surface area (Å²) in [5.74, 6) is 0. The van der Waals surface area contributed by atoms with Gasteiger partial charge in [-0.15, -0.1) is 0 Å². The van der Waals surface area contributed by atoms with Gasteiger partial charge in [0.1, 0.15) is 0 Å². The molecule has 0 unspecified atom stereocenters. The van der Waals surface area contributed by atoms with Crippen molar-refractivity contribution in [3.63, 3.8) is 0 Å². The zero-order chi connectivity index (χ0) is 3.41. The Labute approximate surface area is 38.8 Å². The van der Waals surface area contributed by atoms with E-state index in [0.717, 1.165) is 4.64 Å². The predicted octanol–water partition coefficient (Wildman–Crippen LogP) is 1.14. The van der Waals surface area contributed by atoms with Gasteiger partial charge in [0.15, 0.2) is 0 Å². The van der Waals surface area contributed by atoms with E-state index in [9.17, 15) is 0 Å². The summed E-state index contributed by atoms with van der Waals surface area (Å²) in [6.45, 7) is 3.43. The molecule has 0 saturated heterocycles. The Kier molecular flexibility index (Phi) is 3.90. The first-order valence-electron chi connectivity index (χ1n) is 1.03. The molecule has 0 saturated carbocycles. The van der Waals surface area contributed by atoms with Crippen molar-refractivity contribution in [1.82, 2.24) is 0 Å². The molecule has 0 radical (unpaired) electrons. The van der Waals surface area contributed by atoms with Crippen molar-refractivity contribution in [1.29, 1.82) is 0 Å². The summed E-state index contributed by atoms with van der Waals surface area (Å²) in [4.78, 5) is 0. The number of rotatable bonds is 1. The summed E-state index contributed by atoms with van der Waals surface area (Å²) in [5.41, 5.74) is 0. The molecule has 0 rings (SSSR count).